The summed E-state index contributed by atoms with van der Waals surface area (Å²) in [5.74, 6) is 5.77. The number of nitrogens with zero attached hydrogens (tertiary/aromatic N) is 2. The molecule has 2 aromatic rings. The van der Waals surface area contributed by atoms with E-state index in [1.165, 1.54) is 17.8 Å². The molecular formula is C12H11F3N4S. The van der Waals surface area contributed by atoms with Crippen molar-refractivity contribution in [2.45, 2.75) is 17.0 Å². The Balaban J connectivity index is 2.00. The number of hydrazine groups is 1. The molecule has 0 aromatic carbocycles. The van der Waals surface area contributed by atoms with Crippen LogP contribution in [0, 0.1) is 0 Å². The van der Waals surface area contributed by atoms with Gasteiger partial charge in [0.1, 0.15) is 0 Å². The van der Waals surface area contributed by atoms with Crippen molar-refractivity contribution >= 4 is 17.4 Å². The molecule has 2 aromatic heterocycles. The standard InChI is InChI=1S/C12H11F3N4S/c13-12(14,15)8-1-2-11(18-6-8)20-7-10-5-9(19-16)3-4-17-10/h1-6H,7,16H2,(H,17,19). The fraction of sp³-hybridized carbons (Fsp3) is 0.167. The zero-order chi connectivity index (χ0) is 14.6. The summed E-state index contributed by atoms with van der Waals surface area (Å²) < 4.78 is 37.1. The Morgan fingerprint density at radius 2 is 2.00 bits per heavy atom. The molecule has 0 aliphatic rings. The predicted molar refractivity (Wildman–Crippen MR) is 70.8 cm³/mol. The summed E-state index contributed by atoms with van der Waals surface area (Å²) in [5, 5.41) is 0.505. The van der Waals surface area contributed by atoms with Gasteiger partial charge in [0.05, 0.1) is 22.0 Å². The summed E-state index contributed by atoms with van der Waals surface area (Å²) in [7, 11) is 0. The fourth-order valence-corrected chi connectivity index (χ4v) is 2.17. The zero-order valence-electron chi connectivity index (χ0n) is 10.2. The molecule has 0 amide bonds. The predicted octanol–water partition coefficient (Wildman–Crippen LogP) is 3.07. The molecule has 0 unspecified atom stereocenters. The van der Waals surface area contributed by atoms with E-state index in [4.69, 9.17) is 5.84 Å². The molecule has 0 radical (unpaired) electrons. The number of nitrogen functional groups attached to an aromatic ring is 1. The molecule has 0 spiro atoms. The average molecular weight is 300 g/mol. The Morgan fingerprint density at radius 1 is 1.20 bits per heavy atom. The zero-order valence-corrected chi connectivity index (χ0v) is 11.0. The number of hydrogen-bond donors (Lipinski definition) is 2. The number of nitrogens with two attached hydrogens (primary N) is 1. The Bertz CT molecular complexity index is 572. The summed E-state index contributed by atoms with van der Waals surface area (Å²) in [5.41, 5.74) is 3.22. The maximum absolute atomic E-state index is 12.4. The molecule has 0 aliphatic carbocycles. The van der Waals surface area contributed by atoms with Crippen molar-refractivity contribution in [2.75, 3.05) is 5.43 Å². The number of anilines is 1. The van der Waals surface area contributed by atoms with Crippen LogP contribution < -0.4 is 11.3 Å². The molecule has 2 heterocycles. The second-order valence-electron chi connectivity index (χ2n) is 3.85. The molecule has 2 rings (SSSR count). The lowest BCUT2D eigenvalue weighted by Gasteiger charge is -2.07. The number of aromatic nitrogens is 2. The number of nitrogens with one attached hydrogen (secondary N) is 1. The minimum Gasteiger partial charge on any atom is -0.324 e. The van der Waals surface area contributed by atoms with Crippen LogP contribution in [0.15, 0.2) is 41.7 Å². The number of rotatable bonds is 4. The molecule has 0 aliphatic heterocycles. The summed E-state index contributed by atoms with van der Waals surface area (Å²) in [6.07, 6.45) is -1.93. The highest BCUT2D eigenvalue weighted by Gasteiger charge is 2.30. The third kappa shape index (κ3) is 3.84. The molecule has 4 nitrogen and oxygen atoms in total. The van der Waals surface area contributed by atoms with Gasteiger partial charge in [-0.05, 0) is 24.3 Å². The van der Waals surface area contributed by atoms with Crippen LogP contribution in [0.25, 0.3) is 0 Å². The highest BCUT2D eigenvalue weighted by molar-refractivity contribution is 7.98. The Labute approximate surface area is 117 Å². The summed E-state index contributed by atoms with van der Waals surface area (Å²) >= 11 is 1.30. The van der Waals surface area contributed by atoms with Crippen molar-refractivity contribution < 1.29 is 13.2 Å². The van der Waals surface area contributed by atoms with Crippen LogP contribution in [0.4, 0.5) is 18.9 Å². The van der Waals surface area contributed by atoms with Crippen LogP contribution in [0.5, 0.6) is 0 Å². The molecule has 8 heteroatoms. The normalized spacial score (nSPS) is 11.4. The molecule has 106 valence electrons. The van der Waals surface area contributed by atoms with E-state index in [2.05, 4.69) is 15.4 Å². The van der Waals surface area contributed by atoms with Crippen LogP contribution in [0.1, 0.15) is 11.3 Å². The van der Waals surface area contributed by atoms with Crippen LogP contribution in [-0.4, -0.2) is 9.97 Å². The van der Waals surface area contributed by atoms with Crippen LogP contribution in [0.3, 0.4) is 0 Å². The van der Waals surface area contributed by atoms with E-state index in [1.807, 2.05) is 0 Å². The highest BCUT2D eigenvalue weighted by atomic mass is 32.2. The third-order valence-corrected chi connectivity index (χ3v) is 3.39. The largest absolute Gasteiger partial charge is 0.417 e. The van der Waals surface area contributed by atoms with Crippen LogP contribution in [0.2, 0.25) is 0 Å². The van der Waals surface area contributed by atoms with Gasteiger partial charge in [-0.1, -0.05) is 0 Å². The van der Waals surface area contributed by atoms with Gasteiger partial charge < -0.3 is 5.43 Å². The Hall–Kier alpha value is -1.80. The van der Waals surface area contributed by atoms with E-state index in [0.717, 1.165) is 23.6 Å². The SMILES string of the molecule is NNc1ccnc(CSc2ccc(C(F)(F)F)cn2)c1. The summed E-state index contributed by atoms with van der Waals surface area (Å²) in [6, 6.07) is 5.83. The lowest BCUT2D eigenvalue weighted by molar-refractivity contribution is -0.137. The molecule has 0 atom stereocenters. The number of pyridine rings is 2. The van der Waals surface area contributed by atoms with E-state index >= 15 is 0 Å². The molecular weight excluding hydrogens is 289 g/mol. The van der Waals surface area contributed by atoms with E-state index in [0.29, 0.717) is 10.8 Å². The molecule has 0 bridgehead atoms. The van der Waals surface area contributed by atoms with E-state index in [9.17, 15) is 13.2 Å². The van der Waals surface area contributed by atoms with Crippen LogP contribution >= 0.6 is 11.8 Å². The topological polar surface area (TPSA) is 63.8 Å². The van der Waals surface area contributed by atoms with Gasteiger partial charge in [-0.3, -0.25) is 10.8 Å². The lowest BCUT2D eigenvalue weighted by atomic mass is 10.3. The highest BCUT2D eigenvalue weighted by Crippen LogP contribution is 2.30. The van der Waals surface area contributed by atoms with E-state index < -0.39 is 11.7 Å². The minimum absolute atomic E-state index is 0.494. The maximum atomic E-state index is 12.4. The van der Waals surface area contributed by atoms with Gasteiger partial charge in [0.15, 0.2) is 0 Å². The third-order valence-electron chi connectivity index (χ3n) is 2.41. The Morgan fingerprint density at radius 3 is 2.60 bits per heavy atom. The van der Waals surface area contributed by atoms with Gasteiger partial charge in [-0.2, -0.15) is 13.2 Å². The second-order valence-corrected chi connectivity index (χ2v) is 4.85. The van der Waals surface area contributed by atoms with Gasteiger partial charge in [0.25, 0.3) is 0 Å². The number of hydrogen-bond acceptors (Lipinski definition) is 5. The van der Waals surface area contributed by atoms with Crippen molar-refractivity contribution in [1.82, 2.24) is 9.97 Å². The quantitative estimate of drug-likeness (QED) is 0.516. The first-order chi connectivity index (χ1) is 9.49. The van der Waals surface area contributed by atoms with E-state index in [1.54, 1.807) is 18.3 Å². The minimum atomic E-state index is -4.36. The second kappa shape index (κ2) is 6.10. The molecule has 0 fully saturated rings. The number of thioether (sulfide) groups is 1. The first-order valence-corrected chi connectivity index (χ1v) is 6.55. The van der Waals surface area contributed by atoms with Crippen molar-refractivity contribution in [3.05, 3.63) is 47.9 Å². The molecule has 0 saturated heterocycles. The van der Waals surface area contributed by atoms with Crippen molar-refractivity contribution in [3.63, 3.8) is 0 Å². The van der Waals surface area contributed by atoms with Gasteiger partial charge in [0.2, 0.25) is 0 Å². The summed E-state index contributed by atoms with van der Waals surface area (Å²) in [4.78, 5) is 7.91. The van der Waals surface area contributed by atoms with Gasteiger partial charge in [0, 0.05) is 18.1 Å². The van der Waals surface area contributed by atoms with Crippen molar-refractivity contribution in [1.29, 1.82) is 0 Å². The van der Waals surface area contributed by atoms with Crippen molar-refractivity contribution in [3.8, 4) is 0 Å². The monoisotopic (exact) mass is 300 g/mol. The fourth-order valence-electron chi connectivity index (χ4n) is 1.43. The number of halogens is 3. The van der Waals surface area contributed by atoms with Crippen LogP contribution in [-0.2, 0) is 11.9 Å². The average Bonchev–Trinajstić information content (AvgIpc) is 2.45. The van der Waals surface area contributed by atoms with Gasteiger partial charge >= 0.3 is 6.18 Å². The lowest BCUT2D eigenvalue weighted by Crippen LogP contribution is -2.07. The maximum Gasteiger partial charge on any atom is 0.417 e. The smallest absolute Gasteiger partial charge is 0.324 e. The summed E-state index contributed by atoms with van der Waals surface area (Å²) in [6.45, 7) is 0. The molecule has 20 heavy (non-hydrogen) atoms. The molecule has 3 N–H and O–H groups in total. The van der Waals surface area contributed by atoms with Crippen molar-refractivity contribution in [2.24, 2.45) is 5.84 Å². The Kier molecular flexibility index (Phi) is 4.46. The first kappa shape index (κ1) is 14.6. The van der Waals surface area contributed by atoms with E-state index in [-0.39, 0.29) is 0 Å². The first-order valence-electron chi connectivity index (χ1n) is 5.56. The number of alkyl halides is 3. The van der Waals surface area contributed by atoms with Gasteiger partial charge in [-0.15, -0.1) is 11.8 Å². The molecule has 0 saturated carbocycles. The van der Waals surface area contributed by atoms with Gasteiger partial charge in [-0.25, -0.2) is 4.98 Å².